The van der Waals surface area contributed by atoms with Crippen LogP contribution in [0.3, 0.4) is 0 Å². The van der Waals surface area contributed by atoms with Crippen LogP contribution in [0.4, 0.5) is 5.82 Å². The van der Waals surface area contributed by atoms with E-state index in [1.165, 1.54) is 5.56 Å². The Bertz CT molecular complexity index is 727. The lowest BCUT2D eigenvalue weighted by Crippen LogP contribution is -2.31. The first-order valence-electron chi connectivity index (χ1n) is 6.97. The Morgan fingerprint density at radius 1 is 1.32 bits per heavy atom. The van der Waals surface area contributed by atoms with Gasteiger partial charge in [0.05, 0.1) is 28.4 Å². The minimum Gasteiger partial charge on any atom is -0.313 e. The number of nitrogens with one attached hydrogen (secondary N) is 1. The van der Waals surface area contributed by atoms with E-state index in [1.54, 1.807) is 0 Å². The van der Waals surface area contributed by atoms with Crippen LogP contribution in [-0.2, 0) is 19.5 Å². The van der Waals surface area contributed by atoms with Crippen molar-refractivity contribution in [1.82, 2.24) is 9.88 Å². The Hall–Kier alpha value is -1.36. The summed E-state index contributed by atoms with van der Waals surface area (Å²) in [5.41, 5.74) is 3.89. The molecule has 0 bridgehead atoms. The fourth-order valence-corrected chi connectivity index (χ4v) is 3.51. The zero-order valence-corrected chi connectivity index (χ0v) is 14.7. The van der Waals surface area contributed by atoms with E-state index in [1.807, 2.05) is 18.2 Å². The third-order valence-electron chi connectivity index (χ3n) is 3.88. The molecule has 0 radical (unpaired) electrons. The molecular weight excluding hydrogens is 411 g/mol. The SMILES string of the molecule is N#Cc1c(Cl)nc(NI)c2c1CN(Cc1ccccc1)CC2. The third-order valence-corrected chi connectivity index (χ3v) is 4.66. The quantitative estimate of drug-likeness (QED) is 0.461. The number of halogens is 2. The zero-order valence-electron chi connectivity index (χ0n) is 11.8. The van der Waals surface area contributed by atoms with Crippen LogP contribution in [0.1, 0.15) is 22.3 Å². The smallest absolute Gasteiger partial charge is 0.149 e. The van der Waals surface area contributed by atoms with Crippen molar-refractivity contribution in [1.29, 1.82) is 5.26 Å². The molecule has 0 amide bonds. The fourth-order valence-electron chi connectivity index (χ4n) is 2.82. The highest BCUT2D eigenvalue weighted by atomic mass is 127. The first-order valence-corrected chi connectivity index (χ1v) is 8.43. The molecule has 22 heavy (non-hydrogen) atoms. The molecule has 6 heteroatoms. The van der Waals surface area contributed by atoms with Crippen molar-refractivity contribution in [3.8, 4) is 6.07 Å². The highest BCUT2D eigenvalue weighted by Crippen LogP contribution is 2.32. The van der Waals surface area contributed by atoms with E-state index >= 15 is 0 Å². The number of benzene rings is 1. The van der Waals surface area contributed by atoms with Gasteiger partial charge in [0, 0.05) is 25.2 Å². The molecule has 0 unspecified atom stereocenters. The fraction of sp³-hybridized carbons (Fsp3) is 0.250. The molecular formula is C16H14ClIN4. The number of pyridine rings is 1. The molecule has 0 saturated carbocycles. The summed E-state index contributed by atoms with van der Waals surface area (Å²) < 4.78 is 3.06. The lowest BCUT2D eigenvalue weighted by molar-refractivity contribution is 0.245. The van der Waals surface area contributed by atoms with Gasteiger partial charge < -0.3 is 3.53 Å². The Balaban J connectivity index is 1.92. The first-order chi connectivity index (χ1) is 10.7. The first kappa shape index (κ1) is 15.5. The van der Waals surface area contributed by atoms with Crippen molar-refractivity contribution in [3.05, 3.63) is 57.7 Å². The second-order valence-corrected chi connectivity index (χ2v) is 6.13. The van der Waals surface area contributed by atoms with Crippen LogP contribution >= 0.6 is 34.5 Å². The summed E-state index contributed by atoms with van der Waals surface area (Å²) in [6.45, 7) is 2.54. The highest BCUT2D eigenvalue weighted by molar-refractivity contribution is 14.1. The molecule has 2 aromatic rings. The monoisotopic (exact) mass is 424 g/mol. The van der Waals surface area contributed by atoms with Crippen molar-refractivity contribution in [3.63, 3.8) is 0 Å². The lowest BCUT2D eigenvalue weighted by Gasteiger charge is -2.30. The molecule has 1 aromatic carbocycles. The van der Waals surface area contributed by atoms with Crippen molar-refractivity contribution in [2.45, 2.75) is 19.5 Å². The summed E-state index contributed by atoms with van der Waals surface area (Å²) in [4.78, 5) is 6.63. The minimum atomic E-state index is 0.280. The predicted molar refractivity (Wildman–Crippen MR) is 95.9 cm³/mol. The average Bonchev–Trinajstić information content (AvgIpc) is 2.55. The van der Waals surface area contributed by atoms with Gasteiger partial charge in [0.1, 0.15) is 17.0 Å². The Morgan fingerprint density at radius 3 is 2.77 bits per heavy atom. The molecule has 1 aromatic heterocycles. The van der Waals surface area contributed by atoms with Gasteiger partial charge in [-0.15, -0.1) is 0 Å². The maximum atomic E-state index is 9.40. The van der Waals surface area contributed by atoms with Gasteiger partial charge in [-0.1, -0.05) is 41.9 Å². The summed E-state index contributed by atoms with van der Waals surface area (Å²) >= 11 is 8.21. The number of hydrogen-bond donors (Lipinski definition) is 1. The van der Waals surface area contributed by atoms with E-state index in [2.05, 4.69) is 54.5 Å². The molecule has 1 N–H and O–H groups in total. The number of nitrogens with zero attached hydrogens (tertiary/aromatic N) is 3. The largest absolute Gasteiger partial charge is 0.313 e. The summed E-state index contributed by atoms with van der Waals surface area (Å²) in [6.07, 6.45) is 0.867. The number of anilines is 1. The van der Waals surface area contributed by atoms with Crippen LogP contribution in [-0.4, -0.2) is 16.4 Å². The van der Waals surface area contributed by atoms with Gasteiger partial charge in [0.15, 0.2) is 0 Å². The summed E-state index contributed by atoms with van der Waals surface area (Å²) in [5, 5.41) is 9.68. The number of rotatable bonds is 3. The standard InChI is InChI=1S/C16H14ClIN4/c17-15-13(8-19)14-10-22(9-11-4-2-1-3-5-11)7-6-12(14)16(20-15)21-18/h1-5H,6-7,9-10H2,(H,20,21). The second kappa shape index (κ2) is 6.82. The van der Waals surface area contributed by atoms with Crippen molar-refractivity contribution in [2.24, 2.45) is 0 Å². The van der Waals surface area contributed by atoms with Crippen LogP contribution < -0.4 is 3.53 Å². The number of nitriles is 1. The maximum Gasteiger partial charge on any atom is 0.149 e. The van der Waals surface area contributed by atoms with Crippen molar-refractivity contribution in [2.75, 3.05) is 10.1 Å². The molecule has 0 atom stereocenters. The molecule has 2 heterocycles. The van der Waals surface area contributed by atoms with E-state index in [9.17, 15) is 5.26 Å². The van der Waals surface area contributed by atoms with E-state index in [0.29, 0.717) is 5.56 Å². The zero-order chi connectivity index (χ0) is 15.5. The van der Waals surface area contributed by atoms with E-state index < -0.39 is 0 Å². The second-order valence-electron chi connectivity index (χ2n) is 5.24. The molecule has 0 spiro atoms. The number of hydrogen-bond acceptors (Lipinski definition) is 4. The van der Waals surface area contributed by atoms with Gasteiger partial charge in [-0.05, 0) is 17.5 Å². The van der Waals surface area contributed by atoms with Gasteiger partial charge in [-0.2, -0.15) is 5.26 Å². The van der Waals surface area contributed by atoms with Gasteiger partial charge in [-0.25, -0.2) is 4.98 Å². The number of aromatic nitrogens is 1. The Morgan fingerprint density at radius 2 is 2.09 bits per heavy atom. The predicted octanol–water partition coefficient (Wildman–Crippen LogP) is 3.93. The van der Waals surface area contributed by atoms with Gasteiger partial charge in [-0.3, -0.25) is 4.90 Å². The van der Waals surface area contributed by atoms with Crippen molar-refractivity contribution < 1.29 is 0 Å². The Kier molecular flexibility index (Phi) is 4.81. The molecule has 1 aliphatic heterocycles. The molecule has 0 saturated heterocycles. The highest BCUT2D eigenvalue weighted by Gasteiger charge is 2.25. The molecule has 0 fully saturated rings. The summed E-state index contributed by atoms with van der Waals surface area (Å²) in [5.74, 6) is 0.777. The summed E-state index contributed by atoms with van der Waals surface area (Å²) in [6, 6.07) is 12.6. The van der Waals surface area contributed by atoms with Gasteiger partial charge >= 0.3 is 0 Å². The average molecular weight is 425 g/mol. The molecule has 112 valence electrons. The number of fused-ring (bicyclic) bond motifs is 1. The molecule has 1 aliphatic rings. The van der Waals surface area contributed by atoms with Crippen LogP contribution in [0.15, 0.2) is 30.3 Å². The van der Waals surface area contributed by atoms with Crippen LogP contribution in [0.2, 0.25) is 5.15 Å². The lowest BCUT2D eigenvalue weighted by atomic mass is 9.96. The van der Waals surface area contributed by atoms with Crippen molar-refractivity contribution >= 4 is 40.3 Å². The van der Waals surface area contributed by atoms with Gasteiger partial charge in [0.25, 0.3) is 0 Å². The van der Waals surface area contributed by atoms with Crippen LogP contribution in [0.25, 0.3) is 0 Å². The van der Waals surface area contributed by atoms with E-state index in [-0.39, 0.29) is 5.15 Å². The van der Waals surface area contributed by atoms with E-state index in [0.717, 1.165) is 43.0 Å². The van der Waals surface area contributed by atoms with Crippen LogP contribution in [0, 0.1) is 11.3 Å². The third kappa shape index (κ3) is 3.05. The molecule has 0 aliphatic carbocycles. The topological polar surface area (TPSA) is 52.0 Å². The van der Waals surface area contributed by atoms with E-state index in [4.69, 9.17) is 11.6 Å². The normalized spacial score (nSPS) is 14.2. The minimum absolute atomic E-state index is 0.280. The van der Waals surface area contributed by atoms with Gasteiger partial charge in [0.2, 0.25) is 0 Å². The maximum absolute atomic E-state index is 9.40. The molecule has 3 rings (SSSR count). The Labute approximate surface area is 148 Å². The summed E-state index contributed by atoms with van der Waals surface area (Å²) in [7, 11) is 0. The van der Waals surface area contributed by atoms with Crippen LogP contribution in [0.5, 0.6) is 0 Å². The molecule has 4 nitrogen and oxygen atoms in total.